The number of para-hydroxylation sites is 1. The standard InChI is InChI=1S/C12H17FN2/c1-15(9-10-5-4-8-14-10)12-7-3-2-6-11(12)13/h2-3,6-7,10,14H,4-5,8-9H2,1H3. The summed E-state index contributed by atoms with van der Waals surface area (Å²) >= 11 is 0. The zero-order valence-corrected chi connectivity index (χ0v) is 9.04. The van der Waals surface area contributed by atoms with Crippen molar-refractivity contribution in [3.63, 3.8) is 0 Å². The van der Waals surface area contributed by atoms with Crippen LogP contribution >= 0.6 is 0 Å². The lowest BCUT2D eigenvalue weighted by Crippen LogP contribution is -2.35. The van der Waals surface area contributed by atoms with Crippen molar-refractivity contribution in [1.29, 1.82) is 0 Å². The summed E-state index contributed by atoms with van der Waals surface area (Å²) in [5.74, 6) is -0.141. The maximum atomic E-state index is 13.5. The lowest BCUT2D eigenvalue weighted by molar-refractivity contribution is 0.582. The van der Waals surface area contributed by atoms with Gasteiger partial charge in [0.25, 0.3) is 0 Å². The molecule has 3 heteroatoms. The predicted octanol–water partition coefficient (Wildman–Crippen LogP) is 2.01. The van der Waals surface area contributed by atoms with Crippen molar-refractivity contribution in [3.8, 4) is 0 Å². The Bertz CT molecular complexity index is 321. The van der Waals surface area contributed by atoms with E-state index in [-0.39, 0.29) is 5.82 Å². The maximum absolute atomic E-state index is 13.5. The summed E-state index contributed by atoms with van der Waals surface area (Å²) in [4.78, 5) is 1.98. The minimum Gasteiger partial charge on any atom is -0.371 e. The molecule has 1 unspecified atom stereocenters. The Morgan fingerprint density at radius 1 is 1.47 bits per heavy atom. The fourth-order valence-electron chi connectivity index (χ4n) is 2.10. The zero-order valence-electron chi connectivity index (χ0n) is 9.04. The van der Waals surface area contributed by atoms with E-state index in [1.807, 2.05) is 24.1 Å². The molecule has 1 N–H and O–H groups in total. The number of anilines is 1. The molecule has 1 heterocycles. The first-order valence-corrected chi connectivity index (χ1v) is 5.46. The lowest BCUT2D eigenvalue weighted by atomic mass is 10.2. The van der Waals surface area contributed by atoms with Crippen molar-refractivity contribution in [1.82, 2.24) is 5.32 Å². The van der Waals surface area contributed by atoms with Gasteiger partial charge < -0.3 is 10.2 Å². The highest BCUT2D eigenvalue weighted by Gasteiger charge is 2.17. The van der Waals surface area contributed by atoms with E-state index in [9.17, 15) is 4.39 Å². The van der Waals surface area contributed by atoms with Crippen LogP contribution in [0.3, 0.4) is 0 Å². The number of benzene rings is 1. The second-order valence-corrected chi connectivity index (χ2v) is 4.13. The third kappa shape index (κ3) is 2.48. The van der Waals surface area contributed by atoms with Gasteiger partial charge in [-0.05, 0) is 31.5 Å². The van der Waals surface area contributed by atoms with E-state index in [0.29, 0.717) is 11.7 Å². The van der Waals surface area contributed by atoms with Crippen LogP contribution in [0.4, 0.5) is 10.1 Å². The summed E-state index contributed by atoms with van der Waals surface area (Å²) in [5, 5.41) is 3.41. The maximum Gasteiger partial charge on any atom is 0.146 e. The fraction of sp³-hybridized carbons (Fsp3) is 0.500. The number of hydrogen-bond acceptors (Lipinski definition) is 2. The molecular weight excluding hydrogens is 191 g/mol. The quantitative estimate of drug-likeness (QED) is 0.817. The van der Waals surface area contributed by atoms with Gasteiger partial charge in [-0.25, -0.2) is 4.39 Å². The molecule has 0 bridgehead atoms. The van der Waals surface area contributed by atoms with Crippen molar-refractivity contribution in [3.05, 3.63) is 30.1 Å². The first kappa shape index (κ1) is 10.4. The molecule has 1 fully saturated rings. The highest BCUT2D eigenvalue weighted by Crippen LogP contribution is 2.18. The van der Waals surface area contributed by atoms with Crippen LogP contribution in [0.25, 0.3) is 0 Å². The highest BCUT2D eigenvalue weighted by molar-refractivity contribution is 5.46. The molecule has 1 aromatic rings. The van der Waals surface area contributed by atoms with Gasteiger partial charge in [-0.15, -0.1) is 0 Å². The molecule has 0 radical (unpaired) electrons. The number of hydrogen-bond donors (Lipinski definition) is 1. The molecule has 0 aromatic heterocycles. The smallest absolute Gasteiger partial charge is 0.146 e. The van der Waals surface area contributed by atoms with E-state index in [1.54, 1.807) is 6.07 Å². The minimum atomic E-state index is -0.141. The zero-order chi connectivity index (χ0) is 10.7. The Labute approximate surface area is 90.1 Å². The first-order valence-electron chi connectivity index (χ1n) is 5.46. The molecule has 1 saturated heterocycles. The Balaban J connectivity index is 2.00. The van der Waals surface area contributed by atoms with Crippen LogP contribution in [0, 0.1) is 5.82 Å². The van der Waals surface area contributed by atoms with Gasteiger partial charge >= 0.3 is 0 Å². The number of nitrogens with zero attached hydrogens (tertiary/aromatic N) is 1. The van der Waals surface area contributed by atoms with Crippen molar-refractivity contribution in [2.24, 2.45) is 0 Å². The van der Waals surface area contributed by atoms with E-state index < -0.39 is 0 Å². The van der Waals surface area contributed by atoms with Gasteiger partial charge in [-0.3, -0.25) is 0 Å². The normalized spacial score (nSPS) is 20.5. The van der Waals surface area contributed by atoms with Gasteiger partial charge in [-0.1, -0.05) is 12.1 Å². The summed E-state index contributed by atoms with van der Waals surface area (Å²) in [6, 6.07) is 7.44. The lowest BCUT2D eigenvalue weighted by Gasteiger charge is -2.23. The molecule has 2 nitrogen and oxygen atoms in total. The number of likely N-dealkylation sites (N-methyl/N-ethyl adjacent to an activating group) is 1. The van der Waals surface area contributed by atoms with Gasteiger partial charge in [0, 0.05) is 19.6 Å². The molecule has 1 aliphatic rings. The molecular formula is C12H17FN2. The van der Waals surface area contributed by atoms with Gasteiger partial charge in [0.05, 0.1) is 5.69 Å². The minimum absolute atomic E-state index is 0.141. The average Bonchev–Trinajstić information content (AvgIpc) is 2.71. The fourth-order valence-corrected chi connectivity index (χ4v) is 2.10. The molecule has 0 saturated carbocycles. The van der Waals surface area contributed by atoms with Crippen LogP contribution in [-0.2, 0) is 0 Å². The SMILES string of the molecule is CN(CC1CCCN1)c1ccccc1F. The summed E-state index contributed by atoms with van der Waals surface area (Å²) in [6.45, 7) is 1.97. The second kappa shape index (κ2) is 4.62. The summed E-state index contributed by atoms with van der Waals surface area (Å²) in [6.07, 6.45) is 2.43. The van der Waals surface area contributed by atoms with Gasteiger partial charge in [0.15, 0.2) is 0 Å². The van der Waals surface area contributed by atoms with Crippen LogP contribution in [0.2, 0.25) is 0 Å². The Kier molecular flexibility index (Phi) is 3.21. The molecule has 1 aliphatic heterocycles. The van der Waals surface area contributed by atoms with Crippen LogP contribution < -0.4 is 10.2 Å². The average molecular weight is 208 g/mol. The van der Waals surface area contributed by atoms with Crippen LogP contribution in [0.1, 0.15) is 12.8 Å². The van der Waals surface area contributed by atoms with Gasteiger partial charge in [-0.2, -0.15) is 0 Å². The van der Waals surface area contributed by atoms with Crippen LogP contribution in [-0.4, -0.2) is 26.2 Å². The molecule has 1 atom stereocenters. The monoisotopic (exact) mass is 208 g/mol. The molecule has 0 spiro atoms. The molecule has 2 rings (SSSR count). The van der Waals surface area contributed by atoms with Gasteiger partial charge in [0.2, 0.25) is 0 Å². The molecule has 1 aromatic carbocycles. The van der Waals surface area contributed by atoms with Crippen LogP contribution in [0.15, 0.2) is 24.3 Å². The van der Waals surface area contributed by atoms with Crippen LogP contribution in [0.5, 0.6) is 0 Å². The number of nitrogens with one attached hydrogen (secondary N) is 1. The molecule has 15 heavy (non-hydrogen) atoms. The van der Waals surface area contributed by atoms with E-state index >= 15 is 0 Å². The van der Waals surface area contributed by atoms with Gasteiger partial charge in [0.1, 0.15) is 5.82 Å². The summed E-state index contributed by atoms with van der Waals surface area (Å²) in [5.41, 5.74) is 0.686. The largest absolute Gasteiger partial charge is 0.371 e. The predicted molar refractivity (Wildman–Crippen MR) is 60.7 cm³/mol. The molecule has 0 aliphatic carbocycles. The third-order valence-corrected chi connectivity index (χ3v) is 2.92. The summed E-state index contributed by atoms with van der Waals surface area (Å²) < 4.78 is 13.5. The van der Waals surface area contributed by atoms with Crippen molar-refractivity contribution in [2.75, 3.05) is 25.0 Å². The van der Waals surface area contributed by atoms with Crippen molar-refractivity contribution >= 4 is 5.69 Å². The Morgan fingerprint density at radius 2 is 2.27 bits per heavy atom. The van der Waals surface area contributed by atoms with Crippen molar-refractivity contribution in [2.45, 2.75) is 18.9 Å². The topological polar surface area (TPSA) is 15.3 Å². The number of rotatable bonds is 3. The summed E-state index contributed by atoms with van der Waals surface area (Å²) in [7, 11) is 1.94. The first-order chi connectivity index (χ1) is 7.27. The number of halogens is 1. The highest BCUT2D eigenvalue weighted by atomic mass is 19.1. The molecule has 82 valence electrons. The van der Waals surface area contributed by atoms with Crippen molar-refractivity contribution < 1.29 is 4.39 Å². The second-order valence-electron chi connectivity index (χ2n) is 4.13. The van der Waals surface area contributed by atoms with E-state index in [1.165, 1.54) is 18.9 Å². The molecule has 0 amide bonds. The Hall–Kier alpha value is -1.09. The Morgan fingerprint density at radius 3 is 2.93 bits per heavy atom. The van der Waals surface area contributed by atoms with E-state index in [0.717, 1.165) is 13.1 Å². The van der Waals surface area contributed by atoms with E-state index in [2.05, 4.69) is 5.32 Å². The third-order valence-electron chi connectivity index (χ3n) is 2.92. The van der Waals surface area contributed by atoms with E-state index in [4.69, 9.17) is 0 Å².